The molecular weight excluding hydrogens is 136 g/mol. The Kier molecular flexibility index (Phi) is 5.71. The van der Waals surface area contributed by atoms with Gasteiger partial charge in [0.1, 0.15) is 0 Å². The molecule has 1 fully saturated rings. The first-order valence-corrected chi connectivity index (χ1v) is 2.79. The van der Waals surface area contributed by atoms with Gasteiger partial charge in [-0.2, -0.15) is 0 Å². The maximum atomic E-state index is 9.91. The van der Waals surface area contributed by atoms with Crippen LogP contribution >= 0.6 is 0 Å². The molecule has 1 rings (SSSR count). The number of epoxide rings is 1. The number of esters is 1. The maximum Gasteiger partial charge on any atom is 0.332 e. The minimum atomic E-state index is -0.609. The molecule has 1 saturated heterocycles. The number of hydrogen-bond donors (Lipinski definition) is 1. The Morgan fingerprint density at radius 3 is 2.40 bits per heavy atom. The summed E-state index contributed by atoms with van der Waals surface area (Å²) in [6, 6.07) is 0. The van der Waals surface area contributed by atoms with Gasteiger partial charge in [0.15, 0.2) is 6.79 Å². The zero-order valence-electron chi connectivity index (χ0n) is 5.58. The largest absolute Gasteiger partial charge is 0.436 e. The van der Waals surface area contributed by atoms with Crippen molar-refractivity contribution in [2.75, 3.05) is 20.0 Å². The van der Waals surface area contributed by atoms with Gasteiger partial charge in [0.2, 0.25) is 0 Å². The predicted octanol–water partition coefficient (Wildman–Crippen LogP) is -0.318. The average molecular weight is 146 g/mol. The van der Waals surface area contributed by atoms with E-state index in [1.807, 2.05) is 0 Å². The van der Waals surface area contributed by atoms with Gasteiger partial charge in [-0.05, 0) is 0 Å². The summed E-state index contributed by atoms with van der Waals surface area (Å²) < 4.78 is 8.49. The highest BCUT2D eigenvalue weighted by molar-refractivity contribution is 5.81. The lowest BCUT2D eigenvalue weighted by molar-refractivity contribution is -0.145. The van der Waals surface area contributed by atoms with Crippen LogP contribution in [0.1, 0.15) is 0 Å². The number of carbonyl (C=O) groups excluding carboxylic acids is 1. The molecule has 0 atom stereocenters. The number of hydrogen-bond acceptors (Lipinski definition) is 4. The van der Waals surface area contributed by atoms with Crippen molar-refractivity contribution < 1.29 is 19.4 Å². The second-order valence-electron chi connectivity index (χ2n) is 1.41. The molecule has 0 aromatic heterocycles. The fourth-order valence-electron chi connectivity index (χ4n) is 0.123. The Bertz CT molecular complexity index is 106. The normalized spacial score (nSPS) is 12.5. The SMILES string of the molecule is C1CO1.C=CC(=O)OCO. The van der Waals surface area contributed by atoms with E-state index in [0.717, 1.165) is 19.3 Å². The molecule has 0 aromatic carbocycles. The summed E-state index contributed by atoms with van der Waals surface area (Å²) >= 11 is 0. The van der Waals surface area contributed by atoms with Crippen molar-refractivity contribution in [2.24, 2.45) is 0 Å². The molecule has 1 aliphatic rings. The van der Waals surface area contributed by atoms with Crippen LogP contribution in [0.5, 0.6) is 0 Å². The van der Waals surface area contributed by atoms with E-state index in [9.17, 15) is 4.79 Å². The molecule has 1 aliphatic heterocycles. The second-order valence-corrected chi connectivity index (χ2v) is 1.41. The smallest absolute Gasteiger partial charge is 0.332 e. The van der Waals surface area contributed by atoms with Gasteiger partial charge in [-0.1, -0.05) is 6.58 Å². The lowest BCUT2D eigenvalue weighted by Gasteiger charge is -1.89. The Morgan fingerprint density at radius 1 is 1.80 bits per heavy atom. The van der Waals surface area contributed by atoms with Crippen LogP contribution in [0, 0.1) is 0 Å². The fraction of sp³-hybridized carbons (Fsp3) is 0.500. The Labute approximate surface area is 59.1 Å². The topological polar surface area (TPSA) is 59.1 Å². The van der Waals surface area contributed by atoms with Gasteiger partial charge in [0.25, 0.3) is 0 Å². The third-order valence-corrected chi connectivity index (χ3v) is 0.578. The minimum absolute atomic E-state index is 0.579. The molecule has 58 valence electrons. The fourth-order valence-corrected chi connectivity index (χ4v) is 0.123. The standard InChI is InChI=1S/C4H6O3.C2H4O/c1-2-4(6)7-3-5;1-2-3-1/h2,5H,1,3H2;1-2H2. The number of carbonyl (C=O) groups is 1. The molecule has 0 aromatic rings. The van der Waals surface area contributed by atoms with Crippen LogP contribution in [-0.2, 0) is 14.3 Å². The number of ether oxygens (including phenoxy) is 2. The Morgan fingerprint density at radius 2 is 2.30 bits per heavy atom. The van der Waals surface area contributed by atoms with Crippen molar-refractivity contribution in [2.45, 2.75) is 0 Å². The summed E-state index contributed by atoms with van der Waals surface area (Å²) in [5.41, 5.74) is 0. The molecular formula is C6H10O4. The van der Waals surface area contributed by atoms with Gasteiger partial charge in [-0.25, -0.2) is 4.79 Å². The van der Waals surface area contributed by atoms with E-state index in [-0.39, 0.29) is 0 Å². The summed E-state index contributed by atoms with van der Waals surface area (Å²) in [5.74, 6) is -0.609. The molecule has 0 radical (unpaired) electrons. The molecule has 4 heteroatoms. The zero-order chi connectivity index (χ0) is 7.82. The van der Waals surface area contributed by atoms with Gasteiger partial charge in [-0.15, -0.1) is 0 Å². The van der Waals surface area contributed by atoms with Crippen molar-refractivity contribution in [3.8, 4) is 0 Å². The van der Waals surface area contributed by atoms with Crippen molar-refractivity contribution in [1.82, 2.24) is 0 Å². The van der Waals surface area contributed by atoms with Crippen LogP contribution in [0.3, 0.4) is 0 Å². The van der Waals surface area contributed by atoms with Crippen LogP contribution in [-0.4, -0.2) is 31.1 Å². The molecule has 0 bridgehead atoms. The number of aliphatic hydroxyl groups is 1. The van der Waals surface area contributed by atoms with E-state index in [1.165, 1.54) is 0 Å². The predicted molar refractivity (Wildman–Crippen MR) is 34.2 cm³/mol. The first-order valence-electron chi connectivity index (χ1n) is 2.79. The van der Waals surface area contributed by atoms with Gasteiger partial charge in [-0.3, -0.25) is 0 Å². The van der Waals surface area contributed by atoms with E-state index in [1.54, 1.807) is 0 Å². The Hall–Kier alpha value is -0.870. The third kappa shape index (κ3) is 10.2. The van der Waals surface area contributed by atoms with Gasteiger partial charge in [0.05, 0.1) is 13.2 Å². The summed E-state index contributed by atoms with van der Waals surface area (Å²) in [4.78, 5) is 9.91. The highest BCUT2D eigenvalue weighted by Crippen LogP contribution is 1.84. The highest BCUT2D eigenvalue weighted by Gasteiger charge is 1.94. The molecule has 4 nitrogen and oxygen atoms in total. The lowest BCUT2D eigenvalue weighted by atomic mass is 10.7. The van der Waals surface area contributed by atoms with Crippen molar-refractivity contribution in [3.05, 3.63) is 12.7 Å². The van der Waals surface area contributed by atoms with E-state index in [4.69, 9.17) is 5.11 Å². The van der Waals surface area contributed by atoms with Crippen LogP contribution < -0.4 is 0 Å². The van der Waals surface area contributed by atoms with E-state index in [0.29, 0.717) is 0 Å². The van der Waals surface area contributed by atoms with E-state index in [2.05, 4.69) is 16.1 Å². The van der Waals surface area contributed by atoms with Gasteiger partial charge in [0, 0.05) is 6.08 Å². The molecule has 1 heterocycles. The monoisotopic (exact) mass is 146 g/mol. The zero-order valence-corrected chi connectivity index (χ0v) is 5.58. The summed E-state index contributed by atoms with van der Waals surface area (Å²) in [7, 11) is 0. The summed E-state index contributed by atoms with van der Waals surface area (Å²) in [6.45, 7) is 4.52. The van der Waals surface area contributed by atoms with E-state index >= 15 is 0 Å². The van der Waals surface area contributed by atoms with Gasteiger partial charge < -0.3 is 14.6 Å². The van der Waals surface area contributed by atoms with Crippen molar-refractivity contribution in [3.63, 3.8) is 0 Å². The van der Waals surface area contributed by atoms with Crippen LogP contribution in [0.25, 0.3) is 0 Å². The molecule has 10 heavy (non-hydrogen) atoms. The molecule has 0 unspecified atom stereocenters. The highest BCUT2D eigenvalue weighted by atomic mass is 16.6. The Balaban J connectivity index is 0.000000219. The minimum Gasteiger partial charge on any atom is -0.436 e. The van der Waals surface area contributed by atoms with Crippen molar-refractivity contribution in [1.29, 1.82) is 0 Å². The summed E-state index contributed by atoms with van der Waals surface area (Å²) in [6.07, 6.45) is 0.982. The quantitative estimate of drug-likeness (QED) is 0.251. The van der Waals surface area contributed by atoms with Crippen LogP contribution in [0.4, 0.5) is 0 Å². The van der Waals surface area contributed by atoms with Gasteiger partial charge >= 0.3 is 5.97 Å². The van der Waals surface area contributed by atoms with Crippen molar-refractivity contribution >= 4 is 5.97 Å². The molecule has 0 saturated carbocycles. The lowest BCUT2D eigenvalue weighted by Crippen LogP contribution is -1.99. The summed E-state index contributed by atoms with van der Waals surface area (Å²) in [5, 5.41) is 7.88. The molecule has 0 spiro atoms. The molecule has 0 aliphatic carbocycles. The maximum absolute atomic E-state index is 9.91. The second kappa shape index (κ2) is 6.25. The molecule has 0 amide bonds. The first-order chi connectivity index (χ1) is 4.81. The average Bonchev–Trinajstić information content (AvgIpc) is 2.73. The number of rotatable bonds is 2. The van der Waals surface area contributed by atoms with E-state index < -0.39 is 12.8 Å². The van der Waals surface area contributed by atoms with Crippen LogP contribution in [0.2, 0.25) is 0 Å². The third-order valence-electron chi connectivity index (χ3n) is 0.578. The number of aliphatic hydroxyl groups excluding tert-OH is 1. The first kappa shape index (κ1) is 9.13. The van der Waals surface area contributed by atoms with Crippen LogP contribution in [0.15, 0.2) is 12.7 Å². The molecule has 1 N–H and O–H groups in total.